The third-order valence-corrected chi connectivity index (χ3v) is 2.53. The Balaban J connectivity index is 2.37. The summed E-state index contributed by atoms with van der Waals surface area (Å²) in [6.45, 7) is -0.234. The minimum absolute atomic E-state index is 0.234. The maximum atomic E-state index is 11.7. The largest absolute Gasteiger partial charge is 0.399 e. The van der Waals surface area contributed by atoms with Crippen molar-refractivity contribution in [3.63, 3.8) is 0 Å². The van der Waals surface area contributed by atoms with Gasteiger partial charge in [-0.1, -0.05) is 0 Å². The molecule has 0 heterocycles. The first-order valence-electron chi connectivity index (χ1n) is 3.87. The Morgan fingerprint density at radius 1 is 1.25 bits per heavy atom. The van der Waals surface area contributed by atoms with Gasteiger partial charge < -0.3 is 5.73 Å². The second kappa shape index (κ2) is 5.04. The van der Waals surface area contributed by atoms with E-state index in [-0.39, 0.29) is 6.67 Å². The molecule has 0 saturated heterocycles. The molecule has 0 spiro atoms. The lowest BCUT2D eigenvalue weighted by atomic mass is 10.3. The highest BCUT2D eigenvalue weighted by Gasteiger charge is 1.92. The quantitative estimate of drug-likeness (QED) is 0.443. The van der Waals surface area contributed by atoms with Gasteiger partial charge in [0, 0.05) is 16.3 Å². The van der Waals surface area contributed by atoms with Crippen LogP contribution in [0.2, 0.25) is 0 Å². The normalized spacial score (nSPS) is 10.1. The molecule has 66 valence electrons. The summed E-state index contributed by atoms with van der Waals surface area (Å²) < 4.78 is 11.7. The molecule has 0 unspecified atom stereocenters. The number of anilines is 1. The van der Waals surface area contributed by atoms with Gasteiger partial charge in [-0.3, -0.25) is 4.39 Å². The highest BCUT2D eigenvalue weighted by molar-refractivity contribution is 7.99. The number of thioether (sulfide) groups is 1. The van der Waals surface area contributed by atoms with Gasteiger partial charge in [-0.2, -0.15) is 0 Å². The van der Waals surface area contributed by atoms with Crippen molar-refractivity contribution in [2.75, 3.05) is 18.2 Å². The Kier molecular flexibility index (Phi) is 3.94. The molecule has 0 bridgehead atoms. The number of alkyl halides is 1. The molecule has 0 saturated carbocycles. The third-order valence-electron chi connectivity index (χ3n) is 1.43. The summed E-state index contributed by atoms with van der Waals surface area (Å²) in [7, 11) is 0. The zero-order valence-electron chi connectivity index (χ0n) is 6.79. The van der Waals surface area contributed by atoms with Crippen LogP contribution in [0, 0.1) is 0 Å². The lowest BCUT2D eigenvalue weighted by molar-refractivity contribution is 0.489. The molecular weight excluding hydrogens is 173 g/mol. The molecule has 1 aromatic carbocycles. The Bertz CT molecular complexity index is 222. The smallest absolute Gasteiger partial charge is 0.0902 e. The van der Waals surface area contributed by atoms with E-state index in [1.165, 1.54) is 0 Å². The van der Waals surface area contributed by atoms with E-state index >= 15 is 0 Å². The number of nitrogen functional groups attached to an aromatic ring is 1. The van der Waals surface area contributed by atoms with Crippen molar-refractivity contribution in [3.8, 4) is 0 Å². The van der Waals surface area contributed by atoms with Crippen LogP contribution in [-0.4, -0.2) is 12.4 Å². The number of rotatable bonds is 4. The summed E-state index contributed by atoms with van der Waals surface area (Å²) in [4.78, 5) is 1.15. The van der Waals surface area contributed by atoms with Gasteiger partial charge in [0.25, 0.3) is 0 Å². The second-order valence-corrected chi connectivity index (χ2v) is 3.63. The zero-order valence-corrected chi connectivity index (χ0v) is 7.61. The van der Waals surface area contributed by atoms with Gasteiger partial charge in [0.05, 0.1) is 6.67 Å². The van der Waals surface area contributed by atoms with Crippen molar-refractivity contribution in [1.82, 2.24) is 0 Å². The summed E-state index contributed by atoms with van der Waals surface area (Å²) in [6, 6.07) is 7.63. The van der Waals surface area contributed by atoms with Crippen LogP contribution in [0.15, 0.2) is 29.2 Å². The van der Waals surface area contributed by atoms with Crippen molar-refractivity contribution >= 4 is 17.4 Å². The minimum Gasteiger partial charge on any atom is -0.399 e. The van der Waals surface area contributed by atoms with E-state index in [0.717, 1.165) is 16.3 Å². The number of benzene rings is 1. The maximum absolute atomic E-state index is 11.7. The van der Waals surface area contributed by atoms with Crippen molar-refractivity contribution in [2.45, 2.75) is 11.3 Å². The first-order valence-corrected chi connectivity index (χ1v) is 4.86. The SMILES string of the molecule is Nc1ccc(SCCCF)cc1. The molecular formula is C9H12FNS. The van der Waals surface area contributed by atoms with Crippen LogP contribution >= 0.6 is 11.8 Å². The van der Waals surface area contributed by atoms with Crippen LogP contribution in [0.4, 0.5) is 10.1 Å². The number of nitrogens with two attached hydrogens (primary N) is 1. The summed E-state index contributed by atoms with van der Waals surface area (Å²) in [5.74, 6) is 0.834. The van der Waals surface area contributed by atoms with Gasteiger partial charge in [-0.05, 0) is 30.7 Å². The minimum atomic E-state index is -0.234. The van der Waals surface area contributed by atoms with E-state index in [0.29, 0.717) is 6.42 Å². The molecule has 0 aliphatic carbocycles. The molecule has 1 aromatic rings. The summed E-state index contributed by atoms with van der Waals surface area (Å²) in [5.41, 5.74) is 6.28. The number of hydrogen-bond acceptors (Lipinski definition) is 2. The molecule has 1 rings (SSSR count). The van der Waals surface area contributed by atoms with Crippen molar-refractivity contribution < 1.29 is 4.39 Å². The fourth-order valence-corrected chi connectivity index (χ4v) is 1.63. The first-order chi connectivity index (χ1) is 5.83. The van der Waals surface area contributed by atoms with E-state index in [1.807, 2.05) is 24.3 Å². The molecule has 12 heavy (non-hydrogen) atoms. The molecule has 0 aliphatic rings. The van der Waals surface area contributed by atoms with Crippen molar-refractivity contribution in [3.05, 3.63) is 24.3 Å². The number of halogens is 1. The predicted octanol–water partition coefficient (Wildman–Crippen LogP) is 2.72. The van der Waals surface area contributed by atoms with E-state index in [9.17, 15) is 4.39 Å². The maximum Gasteiger partial charge on any atom is 0.0902 e. The van der Waals surface area contributed by atoms with Crippen LogP contribution in [0.1, 0.15) is 6.42 Å². The predicted molar refractivity (Wildman–Crippen MR) is 52.2 cm³/mol. The fourth-order valence-electron chi connectivity index (χ4n) is 0.809. The van der Waals surface area contributed by atoms with Crippen LogP contribution in [0.25, 0.3) is 0 Å². The monoisotopic (exact) mass is 185 g/mol. The fraction of sp³-hybridized carbons (Fsp3) is 0.333. The molecule has 2 N–H and O–H groups in total. The van der Waals surface area contributed by atoms with E-state index in [2.05, 4.69) is 0 Å². The molecule has 0 fully saturated rings. The van der Waals surface area contributed by atoms with Gasteiger partial charge in [0.15, 0.2) is 0 Å². The molecule has 0 aliphatic heterocycles. The van der Waals surface area contributed by atoms with Gasteiger partial charge in [0.1, 0.15) is 0 Å². The van der Waals surface area contributed by atoms with E-state index in [4.69, 9.17) is 5.73 Å². The van der Waals surface area contributed by atoms with Crippen LogP contribution in [0.3, 0.4) is 0 Å². The average molecular weight is 185 g/mol. The zero-order chi connectivity index (χ0) is 8.81. The van der Waals surface area contributed by atoms with Gasteiger partial charge in [-0.25, -0.2) is 0 Å². The van der Waals surface area contributed by atoms with Gasteiger partial charge in [0.2, 0.25) is 0 Å². The Morgan fingerprint density at radius 2 is 1.92 bits per heavy atom. The lowest BCUT2D eigenvalue weighted by Crippen LogP contribution is -1.84. The van der Waals surface area contributed by atoms with E-state index in [1.54, 1.807) is 11.8 Å². The van der Waals surface area contributed by atoms with Crippen molar-refractivity contribution in [2.24, 2.45) is 0 Å². The van der Waals surface area contributed by atoms with E-state index < -0.39 is 0 Å². The number of hydrogen-bond donors (Lipinski definition) is 1. The highest BCUT2D eigenvalue weighted by atomic mass is 32.2. The van der Waals surface area contributed by atoms with Crippen molar-refractivity contribution in [1.29, 1.82) is 0 Å². The average Bonchev–Trinajstić information content (AvgIpc) is 2.09. The highest BCUT2D eigenvalue weighted by Crippen LogP contribution is 2.19. The molecule has 0 atom stereocenters. The van der Waals surface area contributed by atoms with Gasteiger partial charge in [-0.15, -0.1) is 11.8 Å². The van der Waals surface area contributed by atoms with Crippen LogP contribution in [-0.2, 0) is 0 Å². The molecule has 0 radical (unpaired) electrons. The first kappa shape index (κ1) is 9.39. The topological polar surface area (TPSA) is 26.0 Å². The van der Waals surface area contributed by atoms with Gasteiger partial charge >= 0.3 is 0 Å². The molecule has 0 amide bonds. The third kappa shape index (κ3) is 3.13. The van der Waals surface area contributed by atoms with Crippen LogP contribution in [0.5, 0.6) is 0 Å². The summed E-state index contributed by atoms with van der Waals surface area (Å²) in [5, 5.41) is 0. The summed E-state index contributed by atoms with van der Waals surface area (Å²) in [6.07, 6.45) is 0.620. The standard InChI is InChI=1S/C9H12FNS/c10-6-1-7-12-9-4-2-8(11)3-5-9/h2-5H,1,6-7,11H2. The Morgan fingerprint density at radius 3 is 2.50 bits per heavy atom. The molecule has 0 aromatic heterocycles. The molecule has 1 nitrogen and oxygen atoms in total. The molecule has 3 heteroatoms. The Hall–Kier alpha value is -0.700. The second-order valence-electron chi connectivity index (χ2n) is 2.46. The summed E-state index contributed by atoms with van der Waals surface area (Å²) >= 11 is 1.66. The lowest BCUT2D eigenvalue weighted by Gasteiger charge is -1.99. The van der Waals surface area contributed by atoms with Crippen LogP contribution < -0.4 is 5.73 Å². The Labute approximate surface area is 76.2 Å².